The number of thiazole rings is 1. The van der Waals surface area contributed by atoms with E-state index in [4.69, 9.17) is 4.74 Å². The van der Waals surface area contributed by atoms with Crippen molar-refractivity contribution in [2.75, 3.05) is 6.61 Å². The molecule has 6 nitrogen and oxygen atoms in total. The van der Waals surface area contributed by atoms with E-state index in [0.29, 0.717) is 26.5 Å². The van der Waals surface area contributed by atoms with Crippen molar-refractivity contribution >= 4 is 34.3 Å². The summed E-state index contributed by atoms with van der Waals surface area (Å²) in [5.74, 6) is -0.0688. The highest BCUT2D eigenvalue weighted by Gasteiger charge is 2.33. The van der Waals surface area contributed by atoms with Gasteiger partial charge in [-0.15, -0.1) is 0 Å². The van der Waals surface area contributed by atoms with Crippen molar-refractivity contribution in [3.05, 3.63) is 102 Å². The van der Waals surface area contributed by atoms with Crippen molar-refractivity contribution < 1.29 is 9.53 Å². The molecule has 1 aliphatic heterocycles. The third-order valence-electron chi connectivity index (χ3n) is 6.65. The molecule has 5 rings (SSSR count). The van der Waals surface area contributed by atoms with Gasteiger partial charge in [-0.3, -0.25) is 9.36 Å². The number of nitrogens with zero attached hydrogens (tertiary/aromatic N) is 2. The van der Waals surface area contributed by atoms with E-state index in [1.807, 2.05) is 56.3 Å². The first kappa shape index (κ1) is 24.0. The van der Waals surface area contributed by atoms with Gasteiger partial charge in [0.2, 0.25) is 0 Å². The van der Waals surface area contributed by atoms with Gasteiger partial charge < -0.3 is 9.72 Å². The number of ether oxygens (including phenoxy) is 1. The predicted octanol–water partition coefficient (Wildman–Crippen LogP) is 4.71. The Morgan fingerprint density at radius 3 is 2.58 bits per heavy atom. The monoisotopic (exact) mass is 499 g/mol. The molecule has 0 unspecified atom stereocenters. The molecule has 1 aliphatic rings. The average molecular weight is 500 g/mol. The van der Waals surface area contributed by atoms with Crippen LogP contribution in [0.3, 0.4) is 0 Å². The first-order chi connectivity index (χ1) is 17.3. The number of para-hydroxylation sites is 1. The quantitative estimate of drug-likeness (QED) is 0.404. The number of H-pyrrole nitrogens is 1. The molecule has 0 spiro atoms. The van der Waals surface area contributed by atoms with Crippen LogP contribution in [0.2, 0.25) is 0 Å². The van der Waals surface area contributed by atoms with Crippen molar-refractivity contribution in [3.63, 3.8) is 0 Å². The fourth-order valence-corrected chi connectivity index (χ4v) is 5.81. The van der Waals surface area contributed by atoms with Crippen LogP contribution in [0.4, 0.5) is 0 Å². The number of hydrogen-bond acceptors (Lipinski definition) is 5. The van der Waals surface area contributed by atoms with Crippen molar-refractivity contribution in [2.45, 2.75) is 46.6 Å². The molecule has 0 saturated carbocycles. The minimum Gasteiger partial charge on any atom is -0.463 e. The summed E-state index contributed by atoms with van der Waals surface area (Å²) in [6.07, 6.45) is 1.93. The summed E-state index contributed by atoms with van der Waals surface area (Å²) in [6.45, 7) is 10.1. The standard InChI is InChI=1S/C29H29N3O3S/c1-6-35-28(34)25-18(5)31-29-32(26(25)20-13-11-19(12-14-20)16(2)3)27(33)24(36-29)15-22-17(4)30-23-10-8-7-9-21(22)23/h7-16,26,30H,6H2,1-5H3/b24-15-/t26-/m1/s1. The van der Waals surface area contributed by atoms with Crippen molar-refractivity contribution in [3.8, 4) is 0 Å². The molecule has 0 radical (unpaired) electrons. The zero-order chi connectivity index (χ0) is 25.6. The maximum Gasteiger partial charge on any atom is 0.338 e. The molecule has 0 fully saturated rings. The molecule has 3 heterocycles. The van der Waals surface area contributed by atoms with Gasteiger partial charge >= 0.3 is 5.97 Å². The lowest BCUT2D eigenvalue weighted by atomic mass is 9.93. The number of hydrogen-bond donors (Lipinski definition) is 1. The number of esters is 1. The summed E-state index contributed by atoms with van der Waals surface area (Å²) in [5.41, 5.74) is 5.85. The highest BCUT2D eigenvalue weighted by atomic mass is 32.1. The van der Waals surface area contributed by atoms with Gasteiger partial charge in [-0.1, -0.05) is 67.6 Å². The molecule has 184 valence electrons. The molecule has 4 aromatic rings. The summed E-state index contributed by atoms with van der Waals surface area (Å²) in [7, 11) is 0. The minimum absolute atomic E-state index is 0.171. The molecule has 1 N–H and O–H groups in total. The van der Waals surface area contributed by atoms with Crippen LogP contribution in [0.25, 0.3) is 17.0 Å². The second-order valence-electron chi connectivity index (χ2n) is 9.33. The lowest BCUT2D eigenvalue weighted by Crippen LogP contribution is -2.39. The molecular formula is C29H29N3O3S. The Balaban J connectivity index is 1.74. The largest absolute Gasteiger partial charge is 0.463 e. The number of fused-ring (bicyclic) bond motifs is 2. The van der Waals surface area contributed by atoms with Gasteiger partial charge in [-0.25, -0.2) is 9.79 Å². The molecular weight excluding hydrogens is 470 g/mol. The van der Waals surface area contributed by atoms with Crippen LogP contribution < -0.4 is 14.9 Å². The Morgan fingerprint density at radius 2 is 1.89 bits per heavy atom. The summed E-state index contributed by atoms with van der Waals surface area (Å²) < 4.78 is 7.61. The molecule has 0 bridgehead atoms. The molecule has 1 atom stereocenters. The second-order valence-corrected chi connectivity index (χ2v) is 10.3. The number of benzene rings is 2. The Hall–Kier alpha value is -3.71. The molecule has 36 heavy (non-hydrogen) atoms. The van der Waals surface area contributed by atoms with Crippen LogP contribution in [0.5, 0.6) is 0 Å². The minimum atomic E-state index is -0.604. The summed E-state index contributed by atoms with van der Waals surface area (Å²) in [6, 6.07) is 15.6. The van der Waals surface area contributed by atoms with Gasteiger partial charge in [-0.05, 0) is 50.0 Å². The molecule has 0 saturated heterocycles. The Bertz CT molecular complexity index is 1680. The van der Waals surface area contributed by atoms with Crippen LogP contribution >= 0.6 is 11.3 Å². The normalized spacial score (nSPS) is 15.9. The van der Waals surface area contributed by atoms with Crippen molar-refractivity contribution in [1.29, 1.82) is 0 Å². The number of carbonyl (C=O) groups excluding carboxylic acids is 1. The third kappa shape index (κ3) is 4.03. The third-order valence-corrected chi connectivity index (χ3v) is 7.64. The second kappa shape index (κ2) is 9.39. The maximum atomic E-state index is 13.9. The van der Waals surface area contributed by atoms with E-state index < -0.39 is 12.0 Å². The van der Waals surface area contributed by atoms with E-state index in [0.717, 1.165) is 27.7 Å². The number of allylic oxidation sites excluding steroid dienone is 1. The smallest absolute Gasteiger partial charge is 0.338 e. The van der Waals surface area contributed by atoms with Gasteiger partial charge in [-0.2, -0.15) is 0 Å². The van der Waals surface area contributed by atoms with E-state index in [1.165, 1.54) is 16.9 Å². The van der Waals surface area contributed by atoms with Gasteiger partial charge in [0, 0.05) is 22.2 Å². The Kier molecular flexibility index (Phi) is 6.26. The van der Waals surface area contributed by atoms with Crippen molar-refractivity contribution in [2.24, 2.45) is 4.99 Å². The van der Waals surface area contributed by atoms with E-state index in [2.05, 4.69) is 36.0 Å². The topological polar surface area (TPSA) is 76.4 Å². The zero-order valence-corrected chi connectivity index (χ0v) is 21.9. The first-order valence-electron chi connectivity index (χ1n) is 12.2. The Labute approximate surface area is 213 Å². The van der Waals surface area contributed by atoms with Gasteiger partial charge in [0.05, 0.1) is 28.5 Å². The number of rotatable bonds is 5. The first-order valence-corrected chi connectivity index (χ1v) is 13.0. The Morgan fingerprint density at radius 1 is 1.17 bits per heavy atom. The lowest BCUT2D eigenvalue weighted by molar-refractivity contribution is -0.139. The number of carbonyl (C=O) groups is 1. The zero-order valence-electron chi connectivity index (χ0n) is 21.1. The number of aryl methyl sites for hydroxylation is 1. The number of nitrogens with one attached hydrogen (secondary N) is 1. The van der Waals surface area contributed by atoms with E-state index >= 15 is 0 Å². The molecule has 7 heteroatoms. The van der Waals surface area contributed by atoms with Crippen LogP contribution in [0.1, 0.15) is 62.0 Å². The van der Waals surface area contributed by atoms with Crippen LogP contribution in [0, 0.1) is 6.92 Å². The predicted molar refractivity (Wildman–Crippen MR) is 144 cm³/mol. The van der Waals surface area contributed by atoms with E-state index in [-0.39, 0.29) is 12.2 Å². The SMILES string of the molecule is CCOC(=O)C1=C(C)N=c2s/c(=C\c3c(C)[nH]c4ccccc34)c(=O)n2[C@@H]1c1ccc(C(C)C)cc1. The van der Waals surface area contributed by atoms with Crippen LogP contribution in [-0.4, -0.2) is 22.1 Å². The van der Waals surface area contributed by atoms with Crippen LogP contribution in [-0.2, 0) is 9.53 Å². The molecule has 0 amide bonds. The average Bonchev–Trinajstić information content (AvgIpc) is 3.34. The van der Waals surface area contributed by atoms with E-state index in [9.17, 15) is 9.59 Å². The van der Waals surface area contributed by atoms with Gasteiger partial charge in [0.15, 0.2) is 4.80 Å². The molecule has 0 aliphatic carbocycles. The maximum absolute atomic E-state index is 13.9. The number of aromatic nitrogens is 2. The van der Waals surface area contributed by atoms with Gasteiger partial charge in [0.25, 0.3) is 5.56 Å². The van der Waals surface area contributed by atoms with Gasteiger partial charge in [0.1, 0.15) is 0 Å². The van der Waals surface area contributed by atoms with Crippen LogP contribution in [0.15, 0.2) is 69.6 Å². The van der Waals surface area contributed by atoms with E-state index in [1.54, 1.807) is 11.5 Å². The number of aromatic amines is 1. The highest BCUT2D eigenvalue weighted by molar-refractivity contribution is 7.07. The van der Waals surface area contributed by atoms with Crippen molar-refractivity contribution in [1.82, 2.24) is 9.55 Å². The fraction of sp³-hybridized carbons (Fsp3) is 0.276. The lowest BCUT2D eigenvalue weighted by Gasteiger charge is -2.25. The molecule has 2 aromatic heterocycles. The summed E-state index contributed by atoms with van der Waals surface area (Å²) >= 11 is 1.34. The highest BCUT2D eigenvalue weighted by Crippen LogP contribution is 2.31. The summed E-state index contributed by atoms with van der Waals surface area (Å²) in [5, 5.41) is 1.06. The fourth-order valence-electron chi connectivity index (χ4n) is 4.79. The molecule has 2 aromatic carbocycles. The summed E-state index contributed by atoms with van der Waals surface area (Å²) in [4.78, 5) is 35.6.